The molecule has 2 fully saturated rings. The van der Waals surface area contributed by atoms with Crippen LogP contribution in [0.5, 0.6) is 0 Å². The fourth-order valence-electron chi connectivity index (χ4n) is 4.88. The number of nitrogens with zero attached hydrogens (tertiary/aromatic N) is 4. The summed E-state index contributed by atoms with van der Waals surface area (Å²) < 4.78 is 49.3. The number of aromatic nitrogens is 1. The second-order valence-corrected chi connectivity index (χ2v) is 10.6. The van der Waals surface area contributed by atoms with Gasteiger partial charge in [0.25, 0.3) is 5.69 Å². The highest BCUT2D eigenvalue weighted by Gasteiger charge is 2.41. The smallest absolute Gasteiger partial charge is 0.418 e. The summed E-state index contributed by atoms with van der Waals surface area (Å²) in [4.78, 5) is 26.9. The number of ether oxygens (including phenoxy) is 1. The zero-order valence-electron chi connectivity index (χ0n) is 20.4. The Balaban J connectivity index is 1.71. The highest BCUT2D eigenvalue weighted by atomic mass is 19.4. The minimum absolute atomic E-state index is 0.0144. The summed E-state index contributed by atoms with van der Waals surface area (Å²) in [6, 6.07) is 2.73. The van der Waals surface area contributed by atoms with Gasteiger partial charge >= 0.3 is 12.3 Å². The van der Waals surface area contributed by atoms with E-state index < -0.39 is 28.4 Å². The lowest BCUT2D eigenvalue weighted by molar-refractivity contribution is -0.384. The summed E-state index contributed by atoms with van der Waals surface area (Å²) in [7, 11) is 1.62. The van der Waals surface area contributed by atoms with Crippen molar-refractivity contribution in [3.63, 3.8) is 0 Å². The van der Waals surface area contributed by atoms with E-state index in [2.05, 4.69) is 0 Å². The molecule has 35 heavy (non-hydrogen) atoms. The van der Waals surface area contributed by atoms with Crippen molar-refractivity contribution in [1.29, 1.82) is 0 Å². The van der Waals surface area contributed by atoms with Gasteiger partial charge in [-0.1, -0.05) is 0 Å². The molecule has 192 valence electrons. The van der Waals surface area contributed by atoms with E-state index in [4.69, 9.17) is 4.74 Å². The first-order chi connectivity index (χ1) is 16.3. The van der Waals surface area contributed by atoms with Gasteiger partial charge in [0.15, 0.2) is 0 Å². The molecule has 0 bridgehead atoms. The average Bonchev–Trinajstić information content (AvgIpc) is 3.50. The first kappa shape index (κ1) is 25.1. The van der Waals surface area contributed by atoms with Crippen molar-refractivity contribution < 1.29 is 27.6 Å². The van der Waals surface area contributed by atoms with Crippen LogP contribution >= 0.6 is 0 Å². The van der Waals surface area contributed by atoms with Crippen molar-refractivity contribution in [2.24, 2.45) is 5.92 Å². The first-order valence-electron chi connectivity index (χ1n) is 11.8. The highest BCUT2D eigenvalue weighted by molar-refractivity contribution is 6.01. The number of carbonyl (C=O) groups is 1. The van der Waals surface area contributed by atoms with Crippen LogP contribution in [0.15, 0.2) is 18.3 Å². The quantitative estimate of drug-likeness (QED) is 0.375. The van der Waals surface area contributed by atoms with Gasteiger partial charge in [0, 0.05) is 50.4 Å². The molecule has 0 radical (unpaired) electrons. The van der Waals surface area contributed by atoms with Crippen molar-refractivity contribution in [2.75, 3.05) is 31.6 Å². The zero-order chi connectivity index (χ0) is 25.7. The molecular weight excluding hydrogens is 465 g/mol. The van der Waals surface area contributed by atoms with Crippen LogP contribution in [0.25, 0.3) is 10.9 Å². The molecule has 1 aliphatic carbocycles. The van der Waals surface area contributed by atoms with Gasteiger partial charge < -0.3 is 19.1 Å². The van der Waals surface area contributed by atoms with Crippen LogP contribution in [0, 0.1) is 16.0 Å². The third-order valence-corrected chi connectivity index (χ3v) is 6.47. The van der Waals surface area contributed by atoms with Crippen LogP contribution in [-0.4, -0.2) is 52.8 Å². The fraction of sp³-hybridized carbons (Fsp3) is 0.625. The van der Waals surface area contributed by atoms with Gasteiger partial charge in [-0.05, 0) is 58.4 Å². The Kier molecular flexibility index (Phi) is 6.39. The van der Waals surface area contributed by atoms with Crippen molar-refractivity contribution in [2.45, 2.75) is 64.3 Å². The van der Waals surface area contributed by atoms with Crippen LogP contribution in [0.2, 0.25) is 0 Å². The Labute approximate surface area is 201 Å². The van der Waals surface area contributed by atoms with E-state index >= 15 is 0 Å². The predicted molar refractivity (Wildman–Crippen MR) is 126 cm³/mol. The zero-order valence-corrected chi connectivity index (χ0v) is 20.4. The third-order valence-electron chi connectivity index (χ3n) is 6.47. The number of hydrogen-bond donors (Lipinski definition) is 0. The van der Waals surface area contributed by atoms with Gasteiger partial charge in [-0.2, -0.15) is 13.2 Å². The van der Waals surface area contributed by atoms with Crippen molar-refractivity contribution >= 4 is 28.4 Å². The normalized spacial score (nSPS) is 19.2. The molecule has 1 aromatic carbocycles. The number of alkyl halides is 3. The number of halogens is 3. The molecule has 1 saturated carbocycles. The second-order valence-electron chi connectivity index (χ2n) is 10.6. The third kappa shape index (κ3) is 5.33. The minimum atomic E-state index is -4.64. The van der Waals surface area contributed by atoms with Gasteiger partial charge in [0.1, 0.15) is 11.3 Å². The number of benzene rings is 1. The summed E-state index contributed by atoms with van der Waals surface area (Å²) in [5, 5.41) is 11.8. The molecule has 1 saturated heterocycles. The Morgan fingerprint density at radius 2 is 1.91 bits per heavy atom. The molecular formula is C24H31F3N4O4. The molecule has 4 rings (SSSR count). The number of amides is 1. The lowest BCUT2D eigenvalue weighted by Gasteiger charge is -2.36. The molecule has 11 heteroatoms. The van der Waals surface area contributed by atoms with E-state index in [9.17, 15) is 28.1 Å². The van der Waals surface area contributed by atoms with Gasteiger partial charge in [-0.15, -0.1) is 0 Å². The van der Waals surface area contributed by atoms with Crippen LogP contribution in [-0.2, 0) is 10.9 Å². The monoisotopic (exact) mass is 496 g/mol. The van der Waals surface area contributed by atoms with E-state index in [0.29, 0.717) is 31.6 Å². The largest absolute Gasteiger partial charge is 0.444 e. The molecule has 1 amide bonds. The van der Waals surface area contributed by atoms with Crippen molar-refractivity contribution in [3.8, 4) is 0 Å². The van der Waals surface area contributed by atoms with Crippen molar-refractivity contribution in [1.82, 2.24) is 9.47 Å². The van der Waals surface area contributed by atoms with E-state index in [1.54, 1.807) is 37.3 Å². The summed E-state index contributed by atoms with van der Waals surface area (Å²) in [5.41, 5.74) is -1.44. The maximum atomic E-state index is 14.1. The average molecular weight is 497 g/mol. The first-order valence-corrected chi connectivity index (χ1v) is 11.8. The van der Waals surface area contributed by atoms with Gasteiger partial charge in [0.05, 0.1) is 16.0 Å². The van der Waals surface area contributed by atoms with E-state index in [1.165, 1.54) is 17.0 Å². The second kappa shape index (κ2) is 8.91. The van der Waals surface area contributed by atoms with Crippen LogP contribution < -0.4 is 4.90 Å². The number of rotatable bonds is 5. The van der Waals surface area contributed by atoms with Crippen molar-refractivity contribution in [3.05, 3.63) is 34.0 Å². The molecule has 1 atom stereocenters. The van der Waals surface area contributed by atoms with Crippen LogP contribution in [0.1, 0.15) is 58.1 Å². The molecule has 1 aromatic heterocycles. The van der Waals surface area contributed by atoms with Gasteiger partial charge in [-0.3, -0.25) is 10.1 Å². The van der Waals surface area contributed by atoms with Crippen LogP contribution in [0.3, 0.4) is 0 Å². The van der Waals surface area contributed by atoms with Gasteiger partial charge in [-0.25, -0.2) is 4.79 Å². The summed E-state index contributed by atoms with van der Waals surface area (Å²) >= 11 is 0. The number of carbonyl (C=O) groups excluding carboxylic acids is 1. The number of piperidine rings is 1. The number of nitro groups is 1. The summed E-state index contributed by atoms with van der Waals surface area (Å²) in [6.07, 6.45) is -1.05. The molecule has 2 heterocycles. The lowest BCUT2D eigenvalue weighted by Crippen LogP contribution is -2.43. The summed E-state index contributed by atoms with van der Waals surface area (Å²) in [6.45, 7) is 6.36. The molecule has 8 nitrogen and oxygen atoms in total. The Morgan fingerprint density at radius 1 is 1.23 bits per heavy atom. The molecule has 2 aliphatic rings. The predicted octanol–water partition coefficient (Wildman–Crippen LogP) is 5.99. The Bertz CT molecular complexity index is 1130. The maximum absolute atomic E-state index is 14.1. The Hall–Kier alpha value is -2.98. The lowest BCUT2D eigenvalue weighted by atomic mass is 9.96. The SMILES string of the molecule is CN(C[C@@H]1CCCN(c2c([N+](=O)[O-])ccc3c2c(C(F)(F)F)cn3C2CC2)C1)C(=O)OC(C)(C)C. The van der Waals surface area contributed by atoms with E-state index in [1.807, 2.05) is 0 Å². The number of nitro benzene ring substituents is 1. The summed E-state index contributed by atoms with van der Waals surface area (Å²) in [5.74, 6) is -0.0732. The molecule has 2 aromatic rings. The standard InChI is InChI=1S/C24H31F3N4O4/c1-23(2,3)35-22(32)28(4)12-15-6-5-11-29(13-15)21-19(31(33)34)10-9-18-20(21)17(24(25,26)27)14-30(18)16-7-8-16/h9-10,14-16H,5-8,11-13H2,1-4H3/t15-/m0/s1. The van der Waals surface area contributed by atoms with Crippen LogP contribution in [0.4, 0.5) is 29.3 Å². The number of fused-ring (bicyclic) bond motifs is 1. The minimum Gasteiger partial charge on any atom is -0.444 e. The maximum Gasteiger partial charge on any atom is 0.418 e. The topological polar surface area (TPSA) is 80.9 Å². The molecule has 0 N–H and O–H groups in total. The highest BCUT2D eigenvalue weighted by Crippen LogP contribution is 2.48. The van der Waals surface area contributed by atoms with Gasteiger partial charge in [0.2, 0.25) is 0 Å². The molecule has 1 aliphatic heterocycles. The molecule has 0 spiro atoms. The van der Waals surface area contributed by atoms with E-state index in [0.717, 1.165) is 25.5 Å². The number of hydrogen-bond acceptors (Lipinski definition) is 5. The fourth-order valence-corrected chi connectivity index (χ4v) is 4.88. The molecule has 0 unspecified atom stereocenters. The number of anilines is 1. The Morgan fingerprint density at radius 3 is 2.49 bits per heavy atom. The van der Waals surface area contributed by atoms with E-state index in [-0.39, 0.29) is 28.7 Å².